The molecule has 108 valence electrons. The molecule has 6 nitrogen and oxygen atoms in total. The predicted octanol–water partition coefficient (Wildman–Crippen LogP) is 2.82. The zero-order valence-corrected chi connectivity index (χ0v) is 11.9. The molecule has 0 aliphatic heterocycles. The Balaban J connectivity index is 2.37. The van der Waals surface area contributed by atoms with Crippen LogP contribution in [0, 0.1) is 10.1 Å². The monoisotopic (exact) mass is 284 g/mol. The zero-order valence-electron chi connectivity index (χ0n) is 11.9. The van der Waals surface area contributed by atoms with Gasteiger partial charge in [-0.1, -0.05) is 30.3 Å². The summed E-state index contributed by atoms with van der Waals surface area (Å²) >= 11 is 0. The van der Waals surface area contributed by atoms with Crippen molar-refractivity contribution in [3.05, 3.63) is 64.5 Å². The van der Waals surface area contributed by atoms with Crippen molar-refractivity contribution in [2.75, 3.05) is 14.1 Å². The first kappa shape index (κ1) is 14.6. The summed E-state index contributed by atoms with van der Waals surface area (Å²) in [4.78, 5) is 20.6. The molecular formula is C15H16N4O2. The molecule has 0 spiro atoms. The van der Waals surface area contributed by atoms with Gasteiger partial charge in [-0.15, -0.1) is 0 Å². The van der Waals surface area contributed by atoms with Gasteiger partial charge in [-0.25, -0.2) is 4.99 Å². The molecule has 0 fully saturated rings. The van der Waals surface area contributed by atoms with Crippen molar-refractivity contribution in [2.45, 2.75) is 6.42 Å². The number of likely N-dealkylation sites (N-methyl/N-ethyl adjacent to an activating group) is 1. The topological polar surface area (TPSA) is 71.6 Å². The molecule has 0 unspecified atom stereocenters. The first-order valence-electron chi connectivity index (χ1n) is 6.45. The van der Waals surface area contributed by atoms with Gasteiger partial charge < -0.3 is 4.90 Å². The third-order valence-corrected chi connectivity index (χ3v) is 2.95. The van der Waals surface area contributed by atoms with E-state index in [1.807, 2.05) is 49.3 Å². The highest BCUT2D eigenvalue weighted by molar-refractivity contribution is 5.87. The van der Waals surface area contributed by atoms with Gasteiger partial charge in [-0.3, -0.25) is 15.1 Å². The smallest absolute Gasteiger partial charge is 0.312 e. The quantitative estimate of drug-likeness (QED) is 0.374. The van der Waals surface area contributed by atoms with E-state index in [2.05, 4.69) is 9.98 Å². The summed E-state index contributed by atoms with van der Waals surface area (Å²) < 4.78 is 0. The van der Waals surface area contributed by atoms with Crippen LogP contribution in [-0.2, 0) is 6.42 Å². The van der Waals surface area contributed by atoms with Gasteiger partial charge in [0.25, 0.3) is 0 Å². The maximum atomic E-state index is 11.0. The van der Waals surface area contributed by atoms with Crippen LogP contribution in [0.15, 0.2) is 53.8 Å². The Hall–Kier alpha value is -2.76. The number of aliphatic imine (C=N–C) groups is 1. The average Bonchev–Trinajstić information content (AvgIpc) is 2.48. The van der Waals surface area contributed by atoms with E-state index in [1.54, 1.807) is 6.07 Å². The SMILES string of the molecule is CN(C)C(Cc1ccccc1)=Nc1ccncc1[N+](=O)[O-]. The summed E-state index contributed by atoms with van der Waals surface area (Å²) in [6.45, 7) is 0. The maximum absolute atomic E-state index is 11.0. The van der Waals surface area contributed by atoms with Crippen molar-refractivity contribution >= 4 is 17.2 Å². The molecular weight excluding hydrogens is 268 g/mol. The van der Waals surface area contributed by atoms with Crippen LogP contribution >= 0.6 is 0 Å². The number of nitro groups is 1. The molecule has 0 atom stereocenters. The lowest BCUT2D eigenvalue weighted by molar-refractivity contribution is -0.384. The minimum atomic E-state index is -0.471. The van der Waals surface area contributed by atoms with Crippen molar-refractivity contribution in [3.63, 3.8) is 0 Å². The van der Waals surface area contributed by atoms with E-state index in [-0.39, 0.29) is 5.69 Å². The Morgan fingerprint density at radius 2 is 2.00 bits per heavy atom. The number of benzene rings is 1. The van der Waals surface area contributed by atoms with E-state index >= 15 is 0 Å². The predicted molar refractivity (Wildman–Crippen MR) is 81.8 cm³/mol. The molecule has 2 aromatic rings. The summed E-state index contributed by atoms with van der Waals surface area (Å²) in [5, 5.41) is 11.0. The maximum Gasteiger partial charge on any atom is 0.312 e. The lowest BCUT2D eigenvalue weighted by Crippen LogP contribution is -2.24. The van der Waals surface area contributed by atoms with Crippen molar-refractivity contribution in [1.29, 1.82) is 0 Å². The summed E-state index contributed by atoms with van der Waals surface area (Å²) in [6, 6.07) is 11.4. The Morgan fingerprint density at radius 1 is 1.29 bits per heavy atom. The van der Waals surface area contributed by atoms with Gasteiger partial charge in [-0.2, -0.15) is 0 Å². The largest absolute Gasteiger partial charge is 0.366 e. The normalized spacial score (nSPS) is 11.2. The lowest BCUT2D eigenvalue weighted by Gasteiger charge is -2.16. The summed E-state index contributed by atoms with van der Waals surface area (Å²) in [5.41, 5.74) is 1.32. The molecule has 0 radical (unpaired) electrons. The zero-order chi connectivity index (χ0) is 15.2. The van der Waals surface area contributed by atoms with Crippen molar-refractivity contribution < 1.29 is 4.92 Å². The van der Waals surface area contributed by atoms with Gasteiger partial charge in [0.1, 0.15) is 17.7 Å². The van der Waals surface area contributed by atoms with Crippen LogP contribution in [0.25, 0.3) is 0 Å². The molecule has 0 saturated carbocycles. The van der Waals surface area contributed by atoms with E-state index in [9.17, 15) is 10.1 Å². The third-order valence-electron chi connectivity index (χ3n) is 2.95. The van der Waals surface area contributed by atoms with Gasteiger partial charge in [-0.05, 0) is 11.6 Å². The number of aromatic nitrogens is 1. The fourth-order valence-corrected chi connectivity index (χ4v) is 1.83. The molecule has 0 saturated heterocycles. The van der Waals surface area contributed by atoms with Crippen LogP contribution in [0.4, 0.5) is 11.4 Å². The van der Waals surface area contributed by atoms with Crippen LogP contribution < -0.4 is 0 Å². The van der Waals surface area contributed by atoms with Gasteiger partial charge in [0.15, 0.2) is 0 Å². The summed E-state index contributed by atoms with van der Waals surface area (Å²) in [5.74, 6) is 0.746. The lowest BCUT2D eigenvalue weighted by atomic mass is 10.1. The average molecular weight is 284 g/mol. The van der Waals surface area contributed by atoms with Gasteiger partial charge >= 0.3 is 5.69 Å². The van der Waals surface area contributed by atoms with Crippen LogP contribution in [0.1, 0.15) is 5.56 Å². The van der Waals surface area contributed by atoms with E-state index in [4.69, 9.17) is 0 Å². The molecule has 0 bridgehead atoms. The van der Waals surface area contributed by atoms with Gasteiger partial charge in [0, 0.05) is 26.7 Å². The first-order valence-corrected chi connectivity index (χ1v) is 6.45. The molecule has 0 aliphatic rings. The van der Waals surface area contributed by atoms with Crippen molar-refractivity contribution in [2.24, 2.45) is 4.99 Å². The highest BCUT2D eigenvalue weighted by Gasteiger charge is 2.14. The molecule has 0 amide bonds. The van der Waals surface area contributed by atoms with E-state index in [0.717, 1.165) is 11.4 Å². The number of amidine groups is 1. The third kappa shape index (κ3) is 3.85. The minimum Gasteiger partial charge on any atom is -0.366 e. The van der Waals surface area contributed by atoms with Crippen molar-refractivity contribution in [3.8, 4) is 0 Å². The molecule has 0 aliphatic carbocycles. The van der Waals surface area contributed by atoms with Crippen molar-refractivity contribution in [1.82, 2.24) is 9.88 Å². The Kier molecular flexibility index (Phi) is 4.61. The second-order valence-electron chi connectivity index (χ2n) is 4.71. The number of nitrogens with zero attached hydrogens (tertiary/aromatic N) is 4. The van der Waals surface area contributed by atoms with E-state index < -0.39 is 4.92 Å². The summed E-state index contributed by atoms with van der Waals surface area (Å²) in [7, 11) is 3.74. The van der Waals surface area contributed by atoms with E-state index in [1.165, 1.54) is 12.4 Å². The number of hydrogen-bond donors (Lipinski definition) is 0. The second kappa shape index (κ2) is 6.60. The molecule has 0 N–H and O–H groups in total. The molecule has 2 rings (SSSR count). The molecule has 6 heteroatoms. The Labute approximate surface area is 122 Å². The number of rotatable bonds is 4. The minimum absolute atomic E-state index is 0.0927. The van der Waals surface area contributed by atoms with E-state index in [0.29, 0.717) is 12.1 Å². The van der Waals surface area contributed by atoms with Gasteiger partial charge in [0.05, 0.1) is 4.92 Å². The molecule has 21 heavy (non-hydrogen) atoms. The fourth-order valence-electron chi connectivity index (χ4n) is 1.83. The second-order valence-corrected chi connectivity index (χ2v) is 4.71. The van der Waals surface area contributed by atoms with Crippen LogP contribution in [0.2, 0.25) is 0 Å². The highest BCUT2D eigenvalue weighted by Crippen LogP contribution is 2.25. The molecule has 1 aromatic heterocycles. The summed E-state index contributed by atoms with van der Waals surface area (Å²) in [6.07, 6.45) is 3.32. The fraction of sp³-hybridized carbons (Fsp3) is 0.200. The standard InChI is InChI=1S/C15H16N4O2/c1-18(2)15(10-12-6-4-3-5-7-12)17-13-8-9-16-11-14(13)19(20)21/h3-9,11H,10H2,1-2H3. The van der Waals surface area contributed by atoms with Crippen LogP contribution in [0.3, 0.4) is 0 Å². The first-order chi connectivity index (χ1) is 10.1. The number of pyridine rings is 1. The van der Waals surface area contributed by atoms with Crippen LogP contribution in [-0.4, -0.2) is 34.7 Å². The Morgan fingerprint density at radius 3 is 2.62 bits per heavy atom. The molecule has 1 heterocycles. The van der Waals surface area contributed by atoms with Gasteiger partial charge in [0.2, 0.25) is 0 Å². The highest BCUT2D eigenvalue weighted by atomic mass is 16.6. The Bertz CT molecular complexity index is 654. The number of hydrogen-bond acceptors (Lipinski definition) is 4. The van der Waals surface area contributed by atoms with Crippen LogP contribution in [0.5, 0.6) is 0 Å². The molecule has 1 aromatic carbocycles.